The van der Waals surface area contributed by atoms with Crippen LogP contribution in [0.25, 0.3) is 0 Å². The molecular formula is C27H32N2O. The summed E-state index contributed by atoms with van der Waals surface area (Å²) in [5, 5.41) is 10.9. The zero-order chi connectivity index (χ0) is 21.3. The van der Waals surface area contributed by atoms with Gasteiger partial charge in [0.15, 0.2) is 0 Å². The monoisotopic (exact) mass is 400 g/mol. The van der Waals surface area contributed by atoms with Crippen LogP contribution in [-0.2, 0) is 0 Å². The number of phenolic OH excluding ortho intramolecular Hbond substituents is 1. The number of anilines is 2. The third-order valence-corrected chi connectivity index (χ3v) is 6.08. The number of hydrogen-bond acceptors (Lipinski definition) is 3. The first-order valence-electron chi connectivity index (χ1n) is 11.0. The molecule has 3 heteroatoms. The van der Waals surface area contributed by atoms with Crippen molar-refractivity contribution in [3.63, 3.8) is 0 Å². The molecule has 0 bridgehead atoms. The van der Waals surface area contributed by atoms with Crippen molar-refractivity contribution < 1.29 is 5.11 Å². The van der Waals surface area contributed by atoms with Gasteiger partial charge in [0.2, 0.25) is 0 Å². The van der Waals surface area contributed by atoms with E-state index in [0.717, 1.165) is 24.2 Å². The van der Waals surface area contributed by atoms with Crippen molar-refractivity contribution in [2.24, 2.45) is 0 Å². The molecule has 3 aromatic rings. The van der Waals surface area contributed by atoms with Gasteiger partial charge >= 0.3 is 0 Å². The van der Waals surface area contributed by atoms with E-state index in [9.17, 15) is 5.11 Å². The summed E-state index contributed by atoms with van der Waals surface area (Å²) in [4.78, 5) is 4.96. The van der Waals surface area contributed by atoms with Gasteiger partial charge in [0.05, 0.1) is 0 Å². The van der Waals surface area contributed by atoms with E-state index in [4.69, 9.17) is 0 Å². The molecule has 156 valence electrons. The maximum absolute atomic E-state index is 10.9. The molecule has 4 rings (SSSR count). The maximum atomic E-state index is 10.9. The van der Waals surface area contributed by atoms with E-state index in [-0.39, 0.29) is 18.0 Å². The minimum absolute atomic E-state index is 0.0883. The Labute approximate surface area is 180 Å². The van der Waals surface area contributed by atoms with Crippen molar-refractivity contribution in [2.75, 3.05) is 22.9 Å². The minimum atomic E-state index is 0.0883. The highest BCUT2D eigenvalue weighted by molar-refractivity contribution is 5.60. The molecule has 0 saturated carbocycles. The topological polar surface area (TPSA) is 26.7 Å². The summed E-state index contributed by atoms with van der Waals surface area (Å²) in [5.74, 6) is 0.984. The number of hydrogen-bond donors (Lipinski definition) is 1. The molecule has 0 amide bonds. The first-order valence-corrected chi connectivity index (χ1v) is 11.0. The van der Waals surface area contributed by atoms with Crippen LogP contribution >= 0.6 is 0 Å². The lowest BCUT2D eigenvalue weighted by atomic mass is 9.90. The summed E-state index contributed by atoms with van der Waals surface area (Å²) >= 11 is 0. The molecule has 0 unspecified atom stereocenters. The predicted octanol–water partition coefficient (Wildman–Crippen LogP) is 6.66. The Bertz CT molecular complexity index is 906. The molecule has 0 spiro atoms. The molecule has 0 atom stereocenters. The molecule has 1 N–H and O–H groups in total. The lowest BCUT2D eigenvalue weighted by Crippen LogP contribution is -2.31. The molecule has 1 aliphatic heterocycles. The van der Waals surface area contributed by atoms with Crippen LogP contribution in [0.4, 0.5) is 11.4 Å². The van der Waals surface area contributed by atoms with Crippen molar-refractivity contribution in [1.82, 2.24) is 0 Å². The fourth-order valence-electron chi connectivity index (χ4n) is 4.50. The molecule has 1 fully saturated rings. The van der Waals surface area contributed by atoms with Gasteiger partial charge < -0.3 is 14.9 Å². The molecule has 0 aromatic heterocycles. The highest BCUT2D eigenvalue weighted by Gasteiger charge is 2.34. The normalized spacial score (nSPS) is 14.9. The van der Waals surface area contributed by atoms with Gasteiger partial charge in [-0.2, -0.15) is 0 Å². The minimum Gasteiger partial charge on any atom is -0.507 e. The zero-order valence-corrected chi connectivity index (χ0v) is 18.4. The van der Waals surface area contributed by atoms with Gasteiger partial charge in [-0.25, -0.2) is 0 Å². The van der Waals surface area contributed by atoms with E-state index < -0.39 is 0 Å². The van der Waals surface area contributed by atoms with Gasteiger partial charge in [-0.05, 0) is 64.9 Å². The molecule has 30 heavy (non-hydrogen) atoms. The highest BCUT2D eigenvalue weighted by atomic mass is 16.3. The van der Waals surface area contributed by atoms with E-state index >= 15 is 0 Å². The standard InChI is InChI=1S/C27H32N2O/c1-19(2)24-17-21(18-25(20(3)4)26(24)30)27-28(22-11-7-5-8-12-22)15-16-29(27)23-13-9-6-10-14-23/h5-14,17-20,27,30H,15-16H2,1-4H3. The van der Waals surface area contributed by atoms with Gasteiger partial charge in [-0.15, -0.1) is 0 Å². The molecule has 3 nitrogen and oxygen atoms in total. The Morgan fingerprint density at radius 1 is 0.700 bits per heavy atom. The van der Waals surface area contributed by atoms with Crippen LogP contribution in [0, 0.1) is 0 Å². The molecule has 1 aliphatic rings. The molecule has 3 aromatic carbocycles. The first-order chi connectivity index (χ1) is 14.5. The van der Waals surface area contributed by atoms with Crippen LogP contribution in [0.5, 0.6) is 5.75 Å². The van der Waals surface area contributed by atoms with Crippen molar-refractivity contribution in [3.05, 3.63) is 89.5 Å². The van der Waals surface area contributed by atoms with Gasteiger partial charge in [0.25, 0.3) is 0 Å². The fourth-order valence-corrected chi connectivity index (χ4v) is 4.50. The Hall–Kier alpha value is -2.94. The zero-order valence-electron chi connectivity index (χ0n) is 18.4. The van der Waals surface area contributed by atoms with E-state index in [1.165, 1.54) is 16.9 Å². The van der Waals surface area contributed by atoms with Gasteiger partial charge in [-0.1, -0.05) is 64.1 Å². The summed E-state index contributed by atoms with van der Waals surface area (Å²) in [6, 6.07) is 25.7. The third-order valence-electron chi connectivity index (χ3n) is 6.08. The number of rotatable bonds is 5. The van der Waals surface area contributed by atoms with E-state index in [1.54, 1.807) is 0 Å². The van der Waals surface area contributed by atoms with Crippen LogP contribution in [0.2, 0.25) is 0 Å². The Morgan fingerprint density at radius 2 is 1.10 bits per heavy atom. The van der Waals surface area contributed by atoms with Crippen molar-refractivity contribution >= 4 is 11.4 Å². The van der Waals surface area contributed by atoms with E-state index in [1.807, 2.05) is 0 Å². The van der Waals surface area contributed by atoms with Gasteiger partial charge in [0.1, 0.15) is 11.9 Å². The van der Waals surface area contributed by atoms with Gasteiger partial charge in [0, 0.05) is 24.5 Å². The van der Waals surface area contributed by atoms with Crippen LogP contribution in [-0.4, -0.2) is 18.2 Å². The predicted molar refractivity (Wildman–Crippen MR) is 127 cm³/mol. The number of aromatic hydroxyl groups is 1. The second-order valence-corrected chi connectivity index (χ2v) is 8.79. The SMILES string of the molecule is CC(C)c1cc(C2N(c3ccccc3)CCN2c2ccccc2)cc(C(C)C)c1O. The summed E-state index contributed by atoms with van der Waals surface area (Å²) in [6.45, 7) is 10.5. The highest BCUT2D eigenvalue weighted by Crippen LogP contribution is 2.42. The second-order valence-electron chi connectivity index (χ2n) is 8.79. The third kappa shape index (κ3) is 3.77. The summed E-state index contributed by atoms with van der Waals surface area (Å²) in [6.07, 6.45) is 0.0883. The number of para-hydroxylation sites is 2. The quantitative estimate of drug-likeness (QED) is 0.518. The van der Waals surface area contributed by atoms with Crippen LogP contribution < -0.4 is 9.80 Å². The number of nitrogens with zero attached hydrogens (tertiary/aromatic N) is 2. The largest absolute Gasteiger partial charge is 0.507 e. The number of phenols is 1. The first kappa shape index (κ1) is 20.3. The van der Waals surface area contributed by atoms with Crippen molar-refractivity contribution in [2.45, 2.75) is 45.7 Å². The molecule has 0 radical (unpaired) electrons. The van der Waals surface area contributed by atoms with Crippen LogP contribution in [0.15, 0.2) is 72.8 Å². The van der Waals surface area contributed by atoms with E-state index in [0.29, 0.717) is 5.75 Å². The van der Waals surface area contributed by atoms with E-state index in [2.05, 4.69) is 110 Å². The molecule has 1 saturated heterocycles. The molecule has 1 heterocycles. The maximum Gasteiger partial charge on any atom is 0.128 e. The van der Waals surface area contributed by atoms with Crippen LogP contribution in [0.1, 0.15) is 62.4 Å². The second kappa shape index (κ2) is 8.43. The van der Waals surface area contributed by atoms with Gasteiger partial charge in [-0.3, -0.25) is 0 Å². The lowest BCUT2D eigenvalue weighted by molar-refractivity contribution is 0.453. The van der Waals surface area contributed by atoms with Crippen LogP contribution in [0.3, 0.4) is 0 Å². The van der Waals surface area contributed by atoms with Crippen molar-refractivity contribution in [3.8, 4) is 5.75 Å². The smallest absolute Gasteiger partial charge is 0.128 e. The Balaban J connectivity index is 1.88. The molecule has 0 aliphatic carbocycles. The summed E-state index contributed by atoms with van der Waals surface area (Å²) in [7, 11) is 0. The Kier molecular flexibility index (Phi) is 5.72. The fraction of sp³-hybridized carbons (Fsp3) is 0.333. The molecular weight excluding hydrogens is 368 g/mol. The lowest BCUT2D eigenvalue weighted by Gasteiger charge is -2.34. The summed E-state index contributed by atoms with van der Waals surface area (Å²) in [5.41, 5.74) is 5.76. The van der Waals surface area contributed by atoms with Crippen molar-refractivity contribution in [1.29, 1.82) is 0 Å². The summed E-state index contributed by atoms with van der Waals surface area (Å²) < 4.78 is 0. The Morgan fingerprint density at radius 3 is 1.47 bits per heavy atom. The average molecular weight is 401 g/mol. The average Bonchev–Trinajstić information content (AvgIpc) is 3.20. The number of benzene rings is 3.